The largest absolute Gasteiger partial charge is 0.394 e. The first-order valence-corrected chi connectivity index (χ1v) is 23.9. The van der Waals surface area contributed by atoms with Crippen LogP contribution in [0.5, 0.6) is 0 Å². The first-order valence-electron chi connectivity index (χ1n) is 23.9. The van der Waals surface area contributed by atoms with Crippen LogP contribution in [0, 0.1) is 0 Å². The minimum absolute atomic E-state index is 0.266. The van der Waals surface area contributed by atoms with E-state index in [0.717, 1.165) is 38.5 Å². The Morgan fingerprint density at radius 3 is 1.30 bits per heavy atom. The molecule has 9 atom stereocenters. The maximum atomic E-state index is 13.1. The fourth-order valence-electron chi connectivity index (χ4n) is 7.91. The predicted octanol–water partition coefficient (Wildman–Crippen LogP) is 7.89. The number of nitrogens with one attached hydrogen (secondary N) is 1. The number of rotatable bonds is 40. The molecule has 340 valence electrons. The van der Waals surface area contributed by atoms with E-state index in [4.69, 9.17) is 9.47 Å². The van der Waals surface area contributed by atoms with Gasteiger partial charge < -0.3 is 50.5 Å². The molecule has 11 heteroatoms. The summed E-state index contributed by atoms with van der Waals surface area (Å²) < 4.78 is 11.1. The van der Waals surface area contributed by atoms with Gasteiger partial charge in [0.05, 0.1) is 25.4 Å². The van der Waals surface area contributed by atoms with Gasteiger partial charge in [0, 0.05) is 0 Å². The van der Waals surface area contributed by atoms with Gasteiger partial charge in [0.1, 0.15) is 36.6 Å². The normalized spacial score (nSPS) is 22.0. The molecule has 0 unspecified atom stereocenters. The molecule has 1 aliphatic heterocycles. The van der Waals surface area contributed by atoms with Crippen molar-refractivity contribution in [2.24, 2.45) is 0 Å². The number of hydrogen-bond donors (Lipinski definition) is 8. The lowest BCUT2D eigenvalue weighted by Gasteiger charge is -2.40. The lowest BCUT2D eigenvalue weighted by atomic mass is 9.98. The van der Waals surface area contributed by atoms with Gasteiger partial charge in [-0.15, -0.1) is 0 Å². The van der Waals surface area contributed by atoms with E-state index >= 15 is 0 Å². The third kappa shape index (κ3) is 26.8. The summed E-state index contributed by atoms with van der Waals surface area (Å²) in [5.74, 6) is -0.694. The average Bonchev–Trinajstić information content (AvgIpc) is 3.21. The van der Waals surface area contributed by atoms with E-state index in [1.54, 1.807) is 0 Å². The molecule has 11 nitrogen and oxygen atoms in total. The summed E-state index contributed by atoms with van der Waals surface area (Å²) in [5, 5.41) is 75.6. The molecular weight excluding hydrogens is 727 g/mol. The van der Waals surface area contributed by atoms with E-state index in [1.807, 2.05) is 0 Å². The third-order valence-electron chi connectivity index (χ3n) is 11.9. The van der Waals surface area contributed by atoms with Crippen molar-refractivity contribution in [3.05, 3.63) is 0 Å². The molecular formula is C46H91NO10. The van der Waals surface area contributed by atoms with E-state index < -0.39 is 74.2 Å². The monoisotopic (exact) mass is 818 g/mol. The van der Waals surface area contributed by atoms with Gasteiger partial charge in [-0.3, -0.25) is 4.79 Å². The summed E-state index contributed by atoms with van der Waals surface area (Å²) in [6.45, 7) is 3.44. The van der Waals surface area contributed by atoms with Crippen LogP contribution in [0.2, 0.25) is 0 Å². The molecule has 0 aromatic rings. The van der Waals surface area contributed by atoms with E-state index in [0.29, 0.717) is 19.3 Å². The Balaban J connectivity index is 2.39. The number of aliphatic hydroxyl groups excluding tert-OH is 7. The number of carbonyl (C=O) groups excluding carboxylic acids is 1. The molecule has 1 aliphatic rings. The van der Waals surface area contributed by atoms with Crippen LogP contribution in [0.3, 0.4) is 0 Å². The zero-order chi connectivity index (χ0) is 41.9. The van der Waals surface area contributed by atoms with Crippen molar-refractivity contribution in [2.45, 2.75) is 274 Å². The minimum Gasteiger partial charge on any atom is -0.394 e. The summed E-state index contributed by atoms with van der Waals surface area (Å²) >= 11 is 0. The van der Waals surface area contributed by atoms with Gasteiger partial charge in [0.15, 0.2) is 6.29 Å². The van der Waals surface area contributed by atoms with Gasteiger partial charge >= 0.3 is 0 Å². The molecule has 0 aromatic carbocycles. The van der Waals surface area contributed by atoms with Crippen LogP contribution in [-0.2, 0) is 14.3 Å². The second-order valence-electron chi connectivity index (χ2n) is 17.2. The standard InChI is InChI=1S/C46H91NO10/c1-3-5-7-9-11-13-15-16-17-18-19-20-21-22-24-26-28-30-32-34-39(50)45(55)47-37(36-56-46-44(54)43(53)42(52)40(35-48)57-46)41(51)38(49)33-31-29-27-25-23-14-12-10-8-6-4-2/h37-44,46,48-54H,3-36H2,1-2H3,(H,47,55)/t37-,38+,39+,40+,41-,42-,43-,44+,46+/m0/s1. The van der Waals surface area contributed by atoms with Crippen molar-refractivity contribution < 1.29 is 50.0 Å². The van der Waals surface area contributed by atoms with Crippen LogP contribution >= 0.6 is 0 Å². The van der Waals surface area contributed by atoms with E-state index in [-0.39, 0.29) is 6.42 Å². The minimum atomic E-state index is -1.66. The van der Waals surface area contributed by atoms with Crippen molar-refractivity contribution in [3.8, 4) is 0 Å². The molecule has 1 amide bonds. The van der Waals surface area contributed by atoms with E-state index in [9.17, 15) is 40.5 Å². The van der Waals surface area contributed by atoms with E-state index in [1.165, 1.54) is 141 Å². The van der Waals surface area contributed by atoms with Gasteiger partial charge in [-0.05, 0) is 12.8 Å². The Kier molecular flexibility index (Phi) is 35.1. The molecule has 0 saturated carbocycles. The Morgan fingerprint density at radius 1 is 0.544 bits per heavy atom. The van der Waals surface area contributed by atoms with Gasteiger partial charge in [-0.1, -0.05) is 206 Å². The first-order chi connectivity index (χ1) is 27.7. The maximum absolute atomic E-state index is 13.1. The highest BCUT2D eigenvalue weighted by atomic mass is 16.7. The third-order valence-corrected chi connectivity index (χ3v) is 11.9. The second-order valence-corrected chi connectivity index (χ2v) is 17.2. The van der Waals surface area contributed by atoms with Crippen molar-refractivity contribution >= 4 is 5.91 Å². The van der Waals surface area contributed by atoms with Crippen molar-refractivity contribution in [1.82, 2.24) is 5.32 Å². The van der Waals surface area contributed by atoms with Crippen molar-refractivity contribution in [3.63, 3.8) is 0 Å². The van der Waals surface area contributed by atoms with Gasteiger partial charge in [0.25, 0.3) is 0 Å². The Hall–Kier alpha value is -0.890. The van der Waals surface area contributed by atoms with Crippen LogP contribution in [0.25, 0.3) is 0 Å². The van der Waals surface area contributed by atoms with Crippen LogP contribution < -0.4 is 5.32 Å². The molecule has 1 heterocycles. The summed E-state index contributed by atoms with van der Waals surface area (Å²) in [7, 11) is 0. The van der Waals surface area contributed by atoms with Crippen LogP contribution in [0.4, 0.5) is 0 Å². The second kappa shape index (κ2) is 36.9. The summed E-state index contributed by atoms with van der Waals surface area (Å²) in [4.78, 5) is 13.1. The smallest absolute Gasteiger partial charge is 0.249 e. The lowest BCUT2D eigenvalue weighted by Crippen LogP contribution is -2.60. The fourth-order valence-corrected chi connectivity index (χ4v) is 7.91. The molecule has 0 aromatic heterocycles. The molecule has 0 radical (unpaired) electrons. The Morgan fingerprint density at radius 2 is 0.912 bits per heavy atom. The van der Waals surface area contributed by atoms with Gasteiger partial charge in [0.2, 0.25) is 5.91 Å². The van der Waals surface area contributed by atoms with Gasteiger partial charge in [-0.25, -0.2) is 0 Å². The SMILES string of the molecule is CCCCCCCCCCCCCCCCCCCCC[C@@H](O)C(=O)N[C@@H](CO[C@@H]1O[C@H](CO)[C@H](O)[C@H](O)[C@H]1O)[C@H](O)[C@H](O)CCCCCCCCCCCCC. The molecule has 1 saturated heterocycles. The average molecular weight is 818 g/mol. The van der Waals surface area contributed by atoms with Crippen molar-refractivity contribution in [2.75, 3.05) is 13.2 Å². The number of amides is 1. The van der Waals surface area contributed by atoms with Crippen LogP contribution in [-0.4, -0.2) is 110 Å². The highest BCUT2D eigenvalue weighted by molar-refractivity contribution is 5.80. The summed E-state index contributed by atoms with van der Waals surface area (Å²) in [6, 6.07) is -1.16. The summed E-state index contributed by atoms with van der Waals surface area (Å²) in [6.07, 6.45) is 25.8. The molecule has 0 bridgehead atoms. The molecule has 0 aliphatic carbocycles. The molecule has 1 rings (SSSR count). The zero-order valence-corrected chi connectivity index (χ0v) is 36.6. The number of ether oxygens (including phenoxy) is 2. The Labute approximate surface area is 348 Å². The van der Waals surface area contributed by atoms with Gasteiger partial charge in [-0.2, -0.15) is 0 Å². The number of unbranched alkanes of at least 4 members (excludes halogenated alkanes) is 28. The molecule has 8 N–H and O–H groups in total. The first kappa shape index (κ1) is 54.1. The number of hydrogen-bond acceptors (Lipinski definition) is 10. The maximum Gasteiger partial charge on any atom is 0.249 e. The number of carbonyl (C=O) groups is 1. The quantitative estimate of drug-likeness (QED) is 0.0283. The van der Waals surface area contributed by atoms with Crippen LogP contribution in [0.15, 0.2) is 0 Å². The Bertz CT molecular complexity index is 897. The predicted molar refractivity (Wildman–Crippen MR) is 229 cm³/mol. The number of aliphatic hydroxyl groups is 7. The fraction of sp³-hybridized carbons (Fsp3) is 0.978. The highest BCUT2D eigenvalue weighted by Gasteiger charge is 2.44. The summed E-state index contributed by atoms with van der Waals surface area (Å²) in [5.41, 5.74) is 0. The topological polar surface area (TPSA) is 189 Å². The molecule has 0 spiro atoms. The van der Waals surface area contributed by atoms with E-state index in [2.05, 4.69) is 19.2 Å². The molecule has 57 heavy (non-hydrogen) atoms. The van der Waals surface area contributed by atoms with Crippen molar-refractivity contribution in [1.29, 1.82) is 0 Å². The highest BCUT2D eigenvalue weighted by Crippen LogP contribution is 2.23. The zero-order valence-electron chi connectivity index (χ0n) is 36.6. The van der Waals surface area contributed by atoms with Crippen LogP contribution in [0.1, 0.15) is 219 Å². The molecule has 1 fully saturated rings. The lowest BCUT2D eigenvalue weighted by molar-refractivity contribution is -0.303.